The largest absolute Gasteiger partial charge is 0.497 e. The lowest BCUT2D eigenvalue weighted by atomic mass is 10.0. The molecule has 7 heteroatoms. The summed E-state index contributed by atoms with van der Waals surface area (Å²) in [5.74, 6) is -0.977. The molecule has 1 aromatic carbocycles. The van der Waals surface area contributed by atoms with Crippen LogP contribution in [0, 0.1) is 17.1 Å². The van der Waals surface area contributed by atoms with E-state index in [0.29, 0.717) is 5.56 Å². The Labute approximate surface area is 121 Å². The zero-order valence-corrected chi connectivity index (χ0v) is 11.5. The first-order valence-corrected chi connectivity index (χ1v) is 6.40. The van der Waals surface area contributed by atoms with Crippen LogP contribution in [0.15, 0.2) is 12.1 Å². The third kappa shape index (κ3) is 2.82. The van der Waals surface area contributed by atoms with Gasteiger partial charge in [0.05, 0.1) is 38.6 Å². The number of rotatable bonds is 6. The van der Waals surface area contributed by atoms with Crippen LogP contribution in [-0.2, 0) is 4.74 Å². The van der Waals surface area contributed by atoms with Gasteiger partial charge in [0.15, 0.2) is 0 Å². The van der Waals surface area contributed by atoms with Crippen LogP contribution in [0.5, 0.6) is 5.75 Å². The summed E-state index contributed by atoms with van der Waals surface area (Å²) < 4.78 is 24.1. The number of methoxy groups -OCH3 is 1. The first kappa shape index (κ1) is 15.2. The highest BCUT2D eigenvalue weighted by Crippen LogP contribution is 2.37. The molecule has 1 unspecified atom stereocenters. The lowest BCUT2D eigenvalue weighted by Gasteiger charge is -2.19. The number of ether oxygens (including phenoxy) is 2. The predicted molar refractivity (Wildman–Crippen MR) is 70.2 cm³/mol. The van der Waals surface area contributed by atoms with Gasteiger partial charge in [-0.1, -0.05) is 0 Å². The predicted octanol–water partition coefficient (Wildman–Crippen LogP) is 0.864. The molecule has 0 radical (unpaired) electrons. The quantitative estimate of drug-likeness (QED) is 0.787. The molecule has 0 saturated carbocycles. The van der Waals surface area contributed by atoms with E-state index in [9.17, 15) is 14.4 Å². The Balaban J connectivity index is 2.26. The van der Waals surface area contributed by atoms with Crippen LogP contribution in [0.25, 0.3) is 0 Å². The third-order valence-corrected chi connectivity index (χ3v) is 3.25. The van der Waals surface area contributed by atoms with Gasteiger partial charge in [0.25, 0.3) is 5.91 Å². The lowest BCUT2D eigenvalue weighted by molar-refractivity contribution is 0.0556. The number of hydrogen-bond acceptors (Lipinski definition) is 5. The second kappa shape index (κ2) is 6.52. The molecule has 21 heavy (non-hydrogen) atoms. The molecule has 6 nitrogen and oxygen atoms in total. The highest BCUT2D eigenvalue weighted by molar-refractivity contribution is 6.00. The Morgan fingerprint density at radius 1 is 1.48 bits per heavy atom. The van der Waals surface area contributed by atoms with Crippen molar-refractivity contribution in [1.29, 1.82) is 5.26 Å². The molecule has 0 aromatic heterocycles. The number of hydrogen-bond donors (Lipinski definition) is 1. The number of amides is 1. The maximum absolute atomic E-state index is 14.0. The van der Waals surface area contributed by atoms with Gasteiger partial charge < -0.3 is 19.5 Å². The van der Waals surface area contributed by atoms with Crippen LogP contribution in [-0.4, -0.2) is 49.4 Å². The normalized spacial score (nSPS) is 16.8. The Hall–Kier alpha value is -2.17. The maximum Gasteiger partial charge on any atom is 0.258 e. The van der Waals surface area contributed by atoms with Gasteiger partial charge >= 0.3 is 0 Å². The Morgan fingerprint density at radius 2 is 2.24 bits per heavy atom. The van der Waals surface area contributed by atoms with Gasteiger partial charge in [0.1, 0.15) is 17.6 Å². The topological polar surface area (TPSA) is 82.8 Å². The van der Waals surface area contributed by atoms with Crippen molar-refractivity contribution < 1.29 is 23.8 Å². The van der Waals surface area contributed by atoms with Crippen LogP contribution >= 0.6 is 0 Å². The Morgan fingerprint density at radius 3 is 2.86 bits per heavy atom. The van der Waals surface area contributed by atoms with Crippen LogP contribution in [0.3, 0.4) is 0 Å². The maximum atomic E-state index is 14.0. The van der Waals surface area contributed by atoms with Gasteiger partial charge in [-0.05, 0) is 6.07 Å². The fraction of sp³-hybridized carbons (Fsp3) is 0.429. The molecule has 1 aromatic rings. The van der Waals surface area contributed by atoms with Gasteiger partial charge in [0.2, 0.25) is 0 Å². The molecule has 2 rings (SSSR count). The fourth-order valence-corrected chi connectivity index (χ4v) is 2.29. The second-order valence-corrected chi connectivity index (χ2v) is 4.44. The molecular weight excluding hydrogens is 279 g/mol. The van der Waals surface area contributed by atoms with E-state index < -0.39 is 17.8 Å². The summed E-state index contributed by atoms with van der Waals surface area (Å²) in [7, 11) is 1.39. The van der Waals surface area contributed by atoms with E-state index in [2.05, 4.69) is 0 Å². The molecule has 1 N–H and O–H groups in total. The van der Waals surface area contributed by atoms with Crippen molar-refractivity contribution in [2.45, 2.75) is 6.04 Å². The number of nitrogens with zero attached hydrogens (tertiary/aromatic N) is 2. The number of nitriles is 1. The highest BCUT2D eigenvalue weighted by Gasteiger charge is 2.39. The summed E-state index contributed by atoms with van der Waals surface area (Å²) in [4.78, 5) is 13.5. The Kier molecular flexibility index (Phi) is 4.73. The van der Waals surface area contributed by atoms with Crippen molar-refractivity contribution in [2.75, 3.05) is 33.5 Å². The molecule has 0 fully saturated rings. The smallest absolute Gasteiger partial charge is 0.258 e. The van der Waals surface area contributed by atoms with Crippen LogP contribution in [0.1, 0.15) is 22.0 Å². The summed E-state index contributed by atoms with van der Waals surface area (Å²) in [6.07, 6.45) is 0. The summed E-state index contributed by atoms with van der Waals surface area (Å²) in [5.41, 5.74) is 0.214. The molecule has 1 heterocycles. The van der Waals surface area contributed by atoms with Gasteiger partial charge in [-0.15, -0.1) is 0 Å². The molecule has 0 saturated heterocycles. The number of carbonyl (C=O) groups is 1. The van der Waals surface area contributed by atoms with Crippen molar-refractivity contribution in [3.63, 3.8) is 0 Å². The van der Waals surface area contributed by atoms with Crippen LogP contribution in [0.2, 0.25) is 0 Å². The summed E-state index contributed by atoms with van der Waals surface area (Å²) >= 11 is 0. The van der Waals surface area contributed by atoms with E-state index in [1.165, 1.54) is 18.1 Å². The van der Waals surface area contributed by atoms with E-state index in [-0.39, 0.29) is 37.7 Å². The monoisotopic (exact) mass is 294 g/mol. The molecule has 112 valence electrons. The number of benzene rings is 1. The number of aliphatic hydroxyl groups is 1. The van der Waals surface area contributed by atoms with E-state index in [0.717, 1.165) is 6.07 Å². The molecule has 0 bridgehead atoms. The van der Waals surface area contributed by atoms with Crippen molar-refractivity contribution in [3.05, 3.63) is 29.1 Å². The summed E-state index contributed by atoms with van der Waals surface area (Å²) in [6.45, 7) is 0.334. The number of aliphatic hydroxyl groups excluding tert-OH is 1. The van der Waals surface area contributed by atoms with Crippen molar-refractivity contribution in [1.82, 2.24) is 4.90 Å². The van der Waals surface area contributed by atoms with E-state index >= 15 is 0 Å². The molecule has 0 spiro atoms. The molecule has 1 amide bonds. The minimum atomic E-state index is -0.866. The third-order valence-electron chi connectivity index (χ3n) is 3.25. The Bertz CT molecular complexity index is 585. The minimum absolute atomic E-state index is 0.0930. The molecular formula is C14H15FN2O4. The first-order chi connectivity index (χ1) is 10.1. The van der Waals surface area contributed by atoms with Gasteiger partial charge in [-0.25, -0.2) is 4.39 Å². The molecule has 1 aliphatic heterocycles. The lowest BCUT2D eigenvalue weighted by Crippen LogP contribution is -2.31. The fourth-order valence-electron chi connectivity index (χ4n) is 2.29. The van der Waals surface area contributed by atoms with E-state index in [1.54, 1.807) is 0 Å². The van der Waals surface area contributed by atoms with Crippen molar-refractivity contribution >= 4 is 5.91 Å². The van der Waals surface area contributed by atoms with Crippen LogP contribution in [0.4, 0.5) is 4.39 Å². The first-order valence-electron chi connectivity index (χ1n) is 6.40. The summed E-state index contributed by atoms with van der Waals surface area (Å²) in [5, 5.41) is 17.9. The minimum Gasteiger partial charge on any atom is -0.497 e. The average Bonchev–Trinajstić information content (AvgIpc) is 2.75. The van der Waals surface area contributed by atoms with Crippen molar-refractivity contribution in [3.8, 4) is 11.8 Å². The van der Waals surface area contributed by atoms with Gasteiger partial charge in [-0.3, -0.25) is 4.79 Å². The highest BCUT2D eigenvalue weighted by atomic mass is 19.1. The van der Waals surface area contributed by atoms with Crippen molar-refractivity contribution in [2.24, 2.45) is 0 Å². The standard InChI is InChI=1S/C14H15FN2O4/c1-20-9-6-10-12(8-16)17(2-4-21-5-3-18)14(19)13(10)11(15)7-9/h6-7,12,18H,2-5H2,1H3. The summed E-state index contributed by atoms with van der Waals surface area (Å²) in [6, 6.07) is 3.75. The molecule has 0 aliphatic carbocycles. The van der Waals surface area contributed by atoms with Gasteiger partial charge in [0, 0.05) is 18.2 Å². The zero-order valence-electron chi connectivity index (χ0n) is 11.5. The molecule has 1 aliphatic rings. The van der Waals surface area contributed by atoms with E-state index in [1.807, 2.05) is 6.07 Å². The van der Waals surface area contributed by atoms with Crippen LogP contribution < -0.4 is 4.74 Å². The SMILES string of the molecule is COc1cc(F)c2c(c1)C(C#N)N(CCOCCO)C2=O. The molecule has 1 atom stereocenters. The zero-order chi connectivity index (χ0) is 15.4. The number of halogens is 1. The second-order valence-electron chi connectivity index (χ2n) is 4.44. The number of carbonyl (C=O) groups excluding carboxylic acids is 1. The average molecular weight is 294 g/mol. The van der Waals surface area contributed by atoms with Gasteiger partial charge in [-0.2, -0.15) is 5.26 Å². The van der Waals surface area contributed by atoms with E-state index in [4.69, 9.17) is 14.6 Å². The number of fused-ring (bicyclic) bond motifs is 1.